The zero-order valence-corrected chi connectivity index (χ0v) is 15.9. The Morgan fingerprint density at radius 3 is 2.58 bits per heavy atom. The van der Waals surface area contributed by atoms with Gasteiger partial charge in [0.25, 0.3) is 15.9 Å². The van der Waals surface area contributed by atoms with Crippen LogP contribution < -0.4 is 4.72 Å². The van der Waals surface area contributed by atoms with E-state index in [4.69, 9.17) is 0 Å². The van der Waals surface area contributed by atoms with Crippen molar-refractivity contribution in [2.24, 2.45) is 5.92 Å². The fraction of sp³-hybridized carbons (Fsp3) is 0.350. The molecule has 0 aromatic heterocycles. The number of carbonyl (C=O) groups is 1. The molecule has 1 atom stereocenters. The molecule has 2 aromatic rings. The Balaban J connectivity index is 1.81. The maximum atomic E-state index is 12.7. The molecule has 0 bridgehead atoms. The summed E-state index contributed by atoms with van der Waals surface area (Å²) in [6.45, 7) is 5.51. The lowest BCUT2D eigenvalue weighted by Crippen LogP contribution is -2.39. The topological polar surface area (TPSA) is 66.5 Å². The number of nitrogens with one attached hydrogen (secondary N) is 1. The number of hydrogen-bond donors (Lipinski definition) is 1. The predicted octanol–water partition coefficient (Wildman–Crippen LogP) is 3.67. The van der Waals surface area contributed by atoms with Gasteiger partial charge in [0.05, 0.1) is 4.90 Å². The highest BCUT2D eigenvalue weighted by Gasteiger charge is 2.23. The fourth-order valence-corrected chi connectivity index (χ4v) is 4.29. The van der Waals surface area contributed by atoms with Crippen LogP contribution in [0.1, 0.15) is 35.7 Å². The van der Waals surface area contributed by atoms with Gasteiger partial charge in [-0.3, -0.25) is 9.52 Å². The quantitative estimate of drug-likeness (QED) is 0.890. The predicted molar refractivity (Wildman–Crippen MR) is 103 cm³/mol. The van der Waals surface area contributed by atoms with Crippen LogP contribution in [0.15, 0.2) is 53.4 Å². The van der Waals surface area contributed by atoms with Gasteiger partial charge in [0, 0.05) is 24.3 Å². The van der Waals surface area contributed by atoms with E-state index in [9.17, 15) is 13.2 Å². The van der Waals surface area contributed by atoms with Crippen molar-refractivity contribution in [2.45, 2.75) is 31.6 Å². The molecule has 1 aliphatic heterocycles. The summed E-state index contributed by atoms with van der Waals surface area (Å²) < 4.78 is 27.9. The molecule has 5 nitrogen and oxygen atoms in total. The van der Waals surface area contributed by atoms with Crippen molar-refractivity contribution in [3.63, 3.8) is 0 Å². The fourth-order valence-electron chi connectivity index (χ4n) is 3.19. The van der Waals surface area contributed by atoms with Crippen LogP contribution in [0.4, 0.5) is 5.69 Å². The van der Waals surface area contributed by atoms with E-state index in [1.807, 2.05) is 24.0 Å². The van der Waals surface area contributed by atoms with Crippen LogP contribution >= 0.6 is 0 Å². The van der Waals surface area contributed by atoms with Crippen molar-refractivity contribution in [3.05, 3.63) is 59.7 Å². The first-order chi connectivity index (χ1) is 12.3. The van der Waals surface area contributed by atoms with Gasteiger partial charge in [-0.1, -0.05) is 30.7 Å². The molecule has 3 rings (SSSR count). The summed E-state index contributed by atoms with van der Waals surface area (Å²) in [7, 11) is -3.74. The monoisotopic (exact) mass is 372 g/mol. The minimum absolute atomic E-state index is 0.0917. The Morgan fingerprint density at radius 2 is 1.88 bits per heavy atom. The van der Waals surface area contributed by atoms with Crippen LogP contribution in [0.2, 0.25) is 0 Å². The number of carbonyl (C=O) groups excluding carboxylic acids is 1. The van der Waals surface area contributed by atoms with Gasteiger partial charge >= 0.3 is 0 Å². The summed E-state index contributed by atoms with van der Waals surface area (Å²) in [4.78, 5) is 14.6. The summed E-state index contributed by atoms with van der Waals surface area (Å²) in [6, 6.07) is 13.4. The third kappa shape index (κ3) is 4.25. The second-order valence-corrected chi connectivity index (χ2v) is 8.68. The highest BCUT2D eigenvalue weighted by Crippen LogP contribution is 2.21. The van der Waals surface area contributed by atoms with Crippen molar-refractivity contribution < 1.29 is 13.2 Å². The van der Waals surface area contributed by atoms with Crippen LogP contribution in [-0.4, -0.2) is 32.3 Å². The Hall–Kier alpha value is -2.34. The van der Waals surface area contributed by atoms with Crippen LogP contribution in [0.3, 0.4) is 0 Å². The van der Waals surface area contributed by atoms with Crippen molar-refractivity contribution in [3.8, 4) is 0 Å². The number of likely N-dealkylation sites (tertiary alicyclic amines) is 1. The van der Waals surface area contributed by atoms with Crippen molar-refractivity contribution in [2.75, 3.05) is 17.8 Å². The number of sulfonamides is 1. The lowest BCUT2D eigenvalue weighted by Gasteiger charge is -2.31. The molecule has 138 valence electrons. The molecule has 1 fully saturated rings. The van der Waals surface area contributed by atoms with Gasteiger partial charge in [-0.15, -0.1) is 0 Å². The molecular weight excluding hydrogens is 348 g/mol. The first-order valence-electron chi connectivity index (χ1n) is 8.84. The zero-order valence-electron chi connectivity index (χ0n) is 15.1. The molecule has 0 aliphatic carbocycles. The van der Waals surface area contributed by atoms with Crippen molar-refractivity contribution in [1.29, 1.82) is 0 Å². The molecule has 0 saturated carbocycles. The maximum Gasteiger partial charge on any atom is 0.261 e. The second kappa shape index (κ2) is 7.50. The van der Waals surface area contributed by atoms with E-state index in [2.05, 4.69) is 11.6 Å². The van der Waals surface area contributed by atoms with Gasteiger partial charge in [-0.25, -0.2) is 8.42 Å². The number of piperidine rings is 1. The van der Waals surface area contributed by atoms with Crippen LogP contribution in [0, 0.1) is 12.8 Å². The number of anilines is 1. The molecule has 1 heterocycles. The number of amides is 1. The lowest BCUT2D eigenvalue weighted by atomic mass is 9.99. The standard InChI is InChI=1S/C20H24N2O3S/c1-15-8-10-18(11-9-15)21-26(24,25)19-7-3-6-17(13-19)20(23)22-12-4-5-16(2)14-22/h3,6-11,13,16,21H,4-5,12,14H2,1-2H3/t16-/m0/s1. The summed E-state index contributed by atoms with van der Waals surface area (Å²) in [5, 5.41) is 0. The zero-order chi connectivity index (χ0) is 18.7. The first-order valence-corrected chi connectivity index (χ1v) is 10.3. The molecule has 26 heavy (non-hydrogen) atoms. The molecule has 0 radical (unpaired) electrons. The Labute approximate surface area is 155 Å². The normalized spacial score (nSPS) is 17.8. The van der Waals surface area contributed by atoms with E-state index >= 15 is 0 Å². The number of rotatable bonds is 4. The van der Waals surface area contributed by atoms with E-state index in [1.54, 1.807) is 24.3 Å². The molecule has 1 N–H and O–H groups in total. The SMILES string of the molecule is Cc1ccc(NS(=O)(=O)c2cccc(C(=O)N3CCC[C@H](C)C3)c2)cc1. The number of benzene rings is 2. The smallest absolute Gasteiger partial charge is 0.261 e. The minimum Gasteiger partial charge on any atom is -0.338 e. The molecule has 0 unspecified atom stereocenters. The molecule has 1 aliphatic rings. The number of aryl methyl sites for hydroxylation is 1. The molecule has 1 saturated heterocycles. The van der Waals surface area contributed by atoms with Gasteiger partial charge in [-0.05, 0) is 56.0 Å². The lowest BCUT2D eigenvalue weighted by molar-refractivity contribution is 0.0683. The summed E-state index contributed by atoms with van der Waals surface area (Å²) in [5.74, 6) is 0.367. The average Bonchev–Trinajstić information content (AvgIpc) is 2.63. The molecule has 6 heteroatoms. The number of nitrogens with zero attached hydrogens (tertiary/aromatic N) is 1. The van der Waals surface area contributed by atoms with Gasteiger partial charge in [0.1, 0.15) is 0 Å². The first kappa shape index (κ1) is 18.5. The van der Waals surface area contributed by atoms with Gasteiger partial charge in [-0.2, -0.15) is 0 Å². The van der Waals surface area contributed by atoms with Crippen LogP contribution in [0.5, 0.6) is 0 Å². The van der Waals surface area contributed by atoms with Crippen molar-refractivity contribution >= 4 is 21.6 Å². The second-order valence-electron chi connectivity index (χ2n) is 7.00. The van der Waals surface area contributed by atoms with E-state index in [0.29, 0.717) is 17.2 Å². The van der Waals surface area contributed by atoms with Crippen molar-refractivity contribution in [1.82, 2.24) is 4.90 Å². The molecule has 1 amide bonds. The van der Waals surface area contributed by atoms with Gasteiger partial charge in [0.2, 0.25) is 0 Å². The average molecular weight is 372 g/mol. The summed E-state index contributed by atoms with van der Waals surface area (Å²) in [6.07, 6.45) is 2.11. The van der Waals surface area contributed by atoms with E-state index in [-0.39, 0.29) is 10.8 Å². The number of hydrogen-bond acceptors (Lipinski definition) is 3. The van der Waals surface area contributed by atoms with E-state index in [0.717, 1.165) is 31.5 Å². The highest BCUT2D eigenvalue weighted by molar-refractivity contribution is 7.92. The summed E-state index contributed by atoms with van der Waals surface area (Å²) in [5.41, 5.74) is 1.96. The molecular formula is C20H24N2O3S. The largest absolute Gasteiger partial charge is 0.338 e. The maximum absolute atomic E-state index is 12.7. The van der Waals surface area contributed by atoms with Crippen LogP contribution in [-0.2, 0) is 10.0 Å². The van der Waals surface area contributed by atoms with Crippen LogP contribution in [0.25, 0.3) is 0 Å². The van der Waals surface area contributed by atoms with Gasteiger partial charge in [0.15, 0.2) is 0 Å². The third-order valence-electron chi connectivity index (χ3n) is 4.64. The Bertz CT molecular complexity index is 892. The Kier molecular flexibility index (Phi) is 5.32. The van der Waals surface area contributed by atoms with E-state index in [1.165, 1.54) is 12.1 Å². The third-order valence-corrected chi connectivity index (χ3v) is 6.02. The van der Waals surface area contributed by atoms with Gasteiger partial charge < -0.3 is 4.90 Å². The highest BCUT2D eigenvalue weighted by atomic mass is 32.2. The molecule has 0 spiro atoms. The summed E-state index contributed by atoms with van der Waals surface area (Å²) >= 11 is 0. The Morgan fingerprint density at radius 1 is 1.15 bits per heavy atom. The van der Waals surface area contributed by atoms with E-state index < -0.39 is 10.0 Å². The minimum atomic E-state index is -3.74. The molecule has 2 aromatic carbocycles.